The Morgan fingerprint density at radius 2 is 1.60 bits per heavy atom. The fourth-order valence-electron chi connectivity index (χ4n) is 4.12. The highest BCUT2D eigenvalue weighted by Crippen LogP contribution is 2.34. The van der Waals surface area contributed by atoms with Crippen LogP contribution in [0.3, 0.4) is 0 Å². The summed E-state index contributed by atoms with van der Waals surface area (Å²) < 4.78 is 12.6. The van der Waals surface area contributed by atoms with Gasteiger partial charge in [-0.1, -0.05) is 59.7 Å². The van der Waals surface area contributed by atoms with E-state index in [2.05, 4.69) is 74.9 Å². The maximum absolute atomic E-state index is 12.8. The highest BCUT2D eigenvalue weighted by atomic mass is 79.9. The molecule has 0 radical (unpaired) electrons. The molecule has 0 aliphatic rings. The topological polar surface area (TPSA) is 84.8 Å². The van der Waals surface area contributed by atoms with Crippen LogP contribution in [0.2, 0.25) is 0 Å². The van der Waals surface area contributed by atoms with Crippen LogP contribution < -0.4 is 20.2 Å². The van der Waals surface area contributed by atoms with Crippen LogP contribution in [0.4, 0.5) is 10.8 Å². The molecule has 0 unspecified atom stereocenters. The number of hydrogen-bond donors (Lipinski definition) is 2. The average Bonchev–Trinajstić information content (AvgIpc) is 3.48. The molecule has 0 atom stereocenters. The van der Waals surface area contributed by atoms with Crippen molar-refractivity contribution in [1.82, 2.24) is 10.4 Å². The minimum absolute atomic E-state index is 0.318. The Bertz CT molecular complexity index is 1720. The minimum Gasteiger partial charge on any atom is -0.490 e. The monoisotopic (exact) mass is 654 g/mol. The van der Waals surface area contributed by atoms with Gasteiger partial charge in [0.25, 0.3) is 5.91 Å². The number of nitrogens with one attached hydrogen (secondary N) is 2. The summed E-state index contributed by atoms with van der Waals surface area (Å²) in [7, 11) is 0. The number of aromatic nitrogens is 1. The number of hydrazone groups is 1. The van der Waals surface area contributed by atoms with Crippen LogP contribution in [0.25, 0.3) is 11.3 Å². The van der Waals surface area contributed by atoms with E-state index in [1.54, 1.807) is 18.3 Å². The molecule has 218 valence electrons. The molecule has 1 heterocycles. The van der Waals surface area contributed by atoms with E-state index in [0.717, 1.165) is 37.7 Å². The summed E-state index contributed by atoms with van der Waals surface area (Å²) >= 11 is 5.11. The molecule has 0 fully saturated rings. The molecule has 4 aromatic carbocycles. The number of carbonyl (C=O) groups excluding carboxylic acids is 1. The number of thiazole rings is 1. The third-order valence-electron chi connectivity index (χ3n) is 6.50. The van der Waals surface area contributed by atoms with Gasteiger partial charge in [0.2, 0.25) is 0 Å². The minimum atomic E-state index is -0.318. The lowest BCUT2D eigenvalue weighted by molar-refractivity contribution is 0.0955. The Labute approximate surface area is 263 Å². The van der Waals surface area contributed by atoms with Gasteiger partial charge < -0.3 is 14.8 Å². The molecule has 5 aromatic rings. The third kappa shape index (κ3) is 8.09. The first-order valence-electron chi connectivity index (χ1n) is 13.8. The zero-order valence-corrected chi connectivity index (χ0v) is 26.5. The third-order valence-corrected chi connectivity index (χ3v) is 7.94. The quantitative estimate of drug-likeness (QED) is 0.110. The number of rotatable bonds is 11. The Kier molecular flexibility index (Phi) is 9.86. The summed E-state index contributed by atoms with van der Waals surface area (Å²) in [5.74, 6) is 0.899. The molecular formula is C34H31BrN4O3S. The van der Waals surface area contributed by atoms with Gasteiger partial charge in [-0.2, -0.15) is 5.10 Å². The van der Waals surface area contributed by atoms with Gasteiger partial charge >= 0.3 is 0 Å². The van der Waals surface area contributed by atoms with E-state index in [4.69, 9.17) is 9.47 Å². The molecule has 2 N–H and O–H groups in total. The van der Waals surface area contributed by atoms with Crippen molar-refractivity contribution in [1.29, 1.82) is 0 Å². The fraction of sp³-hybridized carbons (Fsp3) is 0.147. The molecule has 0 spiro atoms. The van der Waals surface area contributed by atoms with Crippen molar-refractivity contribution >= 4 is 50.2 Å². The van der Waals surface area contributed by atoms with E-state index < -0.39 is 0 Å². The molecule has 43 heavy (non-hydrogen) atoms. The molecule has 1 amide bonds. The van der Waals surface area contributed by atoms with Crippen LogP contribution in [0.1, 0.15) is 39.5 Å². The Balaban J connectivity index is 1.19. The molecule has 1 aromatic heterocycles. The number of aryl methyl sites for hydroxylation is 2. The number of benzene rings is 4. The summed E-state index contributed by atoms with van der Waals surface area (Å²) in [5, 5.41) is 10.3. The molecule has 0 bridgehead atoms. The van der Waals surface area contributed by atoms with Gasteiger partial charge in [0.05, 0.1) is 18.5 Å². The van der Waals surface area contributed by atoms with Crippen LogP contribution in [0.15, 0.2) is 99.9 Å². The number of hydrogen-bond acceptors (Lipinski definition) is 7. The second kappa shape index (κ2) is 14.1. The Morgan fingerprint density at radius 3 is 2.30 bits per heavy atom. The van der Waals surface area contributed by atoms with Crippen molar-refractivity contribution in [3.8, 4) is 22.8 Å². The van der Waals surface area contributed by atoms with Crippen molar-refractivity contribution in [3.63, 3.8) is 0 Å². The van der Waals surface area contributed by atoms with E-state index in [0.29, 0.717) is 30.3 Å². The van der Waals surface area contributed by atoms with Crippen molar-refractivity contribution < 1.29 is 14.3 Å². The van der Waals surface area contributed by atoms with Gasteiger partial charge in [-0.15, -0.1) is 11.3 Å². The van der Waals surface area contributed by atoms with E-state index in [-0.39, 0.29) is 5.91 Å². The number of ether oxygens (including phenoxy) is 2. The molecule has 0 saturated heterocycles. The normalized spacial score (nSPS) is 11.0. The van der Waals surface area contributed by atoms with Crippen LogP contribution in [0, 0.1) is 13.8 Å². The maximum atomic E-state index is 12.8. The molecular weight excluding hydrogens is 624 g/mol. The molecule has 5 rings (SSSR count). The Morgan fingerprint density at radius 1 is 0.930 bits per heavy atom. The van der Waals surface area contributed by atoms with E-state index in [1.807, 2.05) is 60.8 Å². The summed E-state index contributed by atoms with van der Waals surface area (Å²) in [4.78, 5) is 17.4. The predicted molar refractivity (Wildman–Crippen MR) is 178 cm³/mol. The van der Waals surface area contributed by atoms with Crippen molar-refractivity contribution in [2.24, 2.45) is 5.10 Å². The van der Waals surface area contributed by atoms with Gasteiger partial charge in [0.15, 0.2) is 16.6 Å². The lowest BCUT2D eigenvalue weighted by Crippen LogP contribution is -2.17. The summed E-state index contributed by atoms with van der Waals surface area (Å²) in [6.45, 7) is 6.93. The molecule has 7 nitrogen and oxygen atoms in total. The number of nitrogens with zero attached hydrogens (tertiary/aromatic N) is 2. The summed E-state index contributed by atoms with van der Waals surface area (Å²) in [6, 6.07) is 27.3. The standard InChI is InChI=1S/C34H31BrN4O3S/c1-4-41-31-17-27(29(35)18-32(31)42-20-24-9-5-22(2)6-10-24)19-36-39-33(40)26-13-11-25(12-14-26)30-21-43-34(38-30)37-28-15-7-23(3)8-16-28/h5-19,21H,4,20H2,1-3H3,(H,37,38)(H,39,40)/b36-19-. The molecule has 0 aliphatic carbocycles. The lowest BCUT2D eigenvalue weighted by atomic mass is 10.1. The van der Waals surface area contributed by atoms with Crippen molar-refractivity contribution in [3.05, 3.63) is 123 Å². The van der Waals surface area contributed by atoms with Crippen molar-refractivity contribution in [2.75, 3.05) is 11.9 Å². The van der Waals surface area contributed by atoms with Gasteiger partial charge in [-0.05, 0) is 78.7 Å². The molecule has 0 aliphatic heterocycles. The first-order chi connectivity index (χ1) is 20.9. The second-order valence-corrected chi connectivity index (χ2v) is 11.5. The van der Waals surface area contributed by atoms with Gasteiger partial charge in [0.1, 0.15) is 6.61 Å². The zero-order valence-electron chi connectivity index (χ0n) is 24.1. The Hall–Kier alpha value is -4.47. The number of halogens is 1. The maximum Gasteiger partial charge on any atom is 0.271 e. The highest BCUT2D eigenvalue weighted by Gasteiger charge is 2.12. The highest BCUT2D eigenvalue weighted by molar-refractivity contribution is 9.10. The van der Waals surface area contributed by atoms with Crippen LogP contribution >= 0.6 is 27.3 Å². The van der Waals surface area contributed by atoms with Gasteiger partial charge in [-0.25, -0.2) is 10.4 Å². The zero-order chi connectivity index (χ0) is 30.2. The van der Waals surface area contributed by atoms with Crippen LogP contribution in [-0.4, -0.2) is 23.7 Å². The predicted octanol–water partition coefficient (Wildman–Crippen LogP) is 8.67. The first kappa shape index (κ1) is 30.0. The lowest BCUT2D eigenvalue weighted by Gasteiger charge is -2.14. The first-order valence-corrected chi connectivity index (χ1v) is 15.4. The van der Waals surface area contributed by atoms with Gasteiger partial charge in [0, 0.05) is 32.2 Å². The second-order valence-electron chi connectivity index (χ2n) is 9.83. The smallest absolute Gasteiger partial charge is 0.271 e. The summed E-state index contributed by atoms with van der Waals surface area (Å²) in [6.07, 6.45) is 1.57. The van der Waals surface area contributed by atoms with Crippen LogP contribution in [-0.2, 0) is 6.61 Å². The summed E-state index contributed by atoms with van der Waals surface area (Å²) in [5.41, 5.74) is 10.0. The average molecular weight is 656 g/mol. The van der Waals surface area contributed by atoms with E-state index in [1.165, 1.54) is 22.5 Å². The fourth-order valence-corrected chi connectivity index (χ4v) is 5.28. The van der Waals surface area contributed by atoms with E-state index in [9.17, 15) is 4.79 Å². The van der Waals surface area contributed by atoms with Crippen molar-refractivity contribution in [2.45, 2.75) is 27.4 Å². The SMILES string of the molecule is CCOc1cc(/C=N\NC(=O)c2ccc(-c3csc(Nc4ccc(C)cc4)n3)cc2)c(Br)cc1OCc1ccc(C)cc1. The number of amides is 1. The number of carbonyl (C=O) groups is 1. The molecule has 9 heteroatoms. The van der Waals surface area contributed by atoms with Gasteiger partial charge in [-0.3, -0.25) is 4.79 Å². The largest absolute Gasteiger partial charge is 0.490 e. The molecule has 0 saturated carbocycles. The van der Waals surface area contributed by atoms with Crippen LogP contribution in [0.5, 0.6) is 11.5 Å². The number of anilines is 2. The van der Waals surface area contributed by atoms with E-state index >= 15 is 0 Å².